The van der Waals surface area contributed by atoms with Gasteiger partial charge in [-0.3, -0.25) is 9.59 Å². The summed E-state index contributed by atoms with van der Waals surface area (Å²) in [4.78, 5) is 22.9. The first-order valence-electron chi connectivity index (χ1n) is 5.95. The summed E-state index contributed by atoms with van der Waals surface area (Å²) in [7, 11) is 3.03. The standard InChI is InChI=1S/C14H16BrO5/c1-4-5-13(16)20-14(17)7-9-6-11(18-2)12(19-3)8-10(9)15/h6,8H,1,4-5,7H2,2-3H3. The molecule has 1 radical (unpaired) electrons. The van der Waals surface area contributed by atoms with Crippen molar-refractivity contribution in [1.29, 1.82) is 0 Å². The van der Waals surface area contributed by atoms with Crippen LogP contribution in [0, 0.1) is 6.92 Å². The number of halogens is 1. The molecule has 0 aromatic heterocycles. The lowest BCUT2D eigenvalue weighted by Crippen LogP contribution is -2.14. The highest BCUT2D eigenvalue weighted by molar-refractivity contribution is 9.10. The van der Waals surface area contributed by atoms with Crippen molar-refractivity contribution in [3.63, 3.8) is 0 Å². The molecule has 0 N–H and O–H groups in total. The van der Waals surface area contributed by atoms with Gasteiger partial charge in [-0.1, -0.05) is 22.9 Å². The zero-order chi connectivity index (χ0) is 15.1. The first-order chi connectivity index (χ1) is 9.51. The van der Waals surface area contributed by atoms with Crippen molar-refractivity contribution in [2.75, 3.05) is 14.2 Å². The Balaban J connectivity index is 2.82. The summed E-state index contributed by atoms with van der Waals surface area (Å²) in [6, 6.07) is 3.36. The van der Waals surface area contributed by atoms with Gasteiger partial charge in [-0.25, -0.2) is 0 Å². The van der Waals surface area contributed by atoms with E-state index in [2.05, 4.69) is 27.6 Å². The molecule has 0 spiro atoms. The van der Waals surface area contributed by atoms with E-state index in [4.69, 9.17) is 9.47 Å². The largest absolute Gasteiger partial charge is 0.493 e. The number of hydrogen-bond acceptors (Lipinski definition) is 5. The average Bonchev–Trinajstić information content (AvgIpc) is 2.40. The highest BCUT2D eigenvalue weighted by atomic mass is 79.9. The highest BCUT2D eigenvalue weighted by Crippen LogP contribution is 2.33. The Hall–Kier alpha value is -1.56. The van der Waals surface area contributed by atoms with E-state index in [0.29, 0.717) is 28.0 Å². The van der Waals surface area contributed by atoms with Crippen LogP contribution in [-0.4, -0.2) is 26.2 Å². The summed E-state index contributed by atoms with van der Waals surface area (Å²) in [6.07, 6.45) is 0.481. The van der Waals surface area contributed by atoms with E-state index in [1.807, 2.05) is 0 Å². The average molecular weight is 344 g/mol. The second-order valence-electron chi connectivity index (χ2n) is 3.93. The topological polar surface area (TPSA) is 61.8 Å². The maximum absolute atomic E-state index is 11.6. The SMILES string of the molecule is [CH2]CCC(=O)OC(=O)Cc1cc(OC)c(OC)cc1Br. The van der Waals surface area contributed by atoms with Gasteiger partial charge in [0.25, 0.3) is 0 Å². The van der Waals surface area contributed by atoms with Crippen LogP contribution in [0.2, 0.25) is 0 Å². The molecule has 5 nitrogen and oxygen atoms in total. The number of esters is 2. The Labute approximate surface area is 126 Å². The normalized spacial score (nSPS) is 10.0. The molecule has 20 heavy (non-hydrogen) atoms. The molecule has 0 heterocycles. The fourth-order valence-corrected chi connectivity index (χ4v) is 2.01. The molecule has 0 aliphatic heterocycles. The van der Waals surface area contributed by atoms with E-state index in [-0.39, 0.29) is 12.8 Å². The minimum absolute atomic E-state index is 0.0379. The third-order valence-electron chi connectivity index (χ3n) is 2.50. The molecule has 0 amide bonds. The molecule has 0 bridgehead atoms. The molecule has 1 aromatic rings. The minimum atomic E-state index is -0.614. The van der Waals surface area contributed by atoms with E-state index in [1.165, 1.54) is 14.2 Å². The molecule has 1 rings (SSSR count). The van der Waals surface area contributed by atoms with Gasteiger partial charge >= 0.3 is 11.9 Å². The lowest BCUT2D eigenvalue weighted by molar-refractivity contribution is -0.159. The van der Waals surface area contributed by atoms with Crippen LogP contribution in [0.5, 0.6) is 11.5 Å². The molecular formula is C14H16BrO5. The molecular weight excluding hydrogens is 328 g/mol. The van der Waals surface area contributed by atoms with E-state index in [1.54, 1.807) is 12.1 Å². The van der Waals surface area contributed by atoms with Crippen LogP contribution in [0.4, 0.5) is 0 Å². The zero-order valence-electron chi connectivity index (χ0n) is 11.4. The number of rotatable bonds is 6. The number of methoxy groups -OCH3 is 2. The van der Waals surface area contributed by atoms with Crippen molar-refractivity contribution in [1.82, 2.24) is 0 Å². The van der Waals surface area contributed by atoms with Gasteiger partial charge in [-0.05, 0) is 24.1 Å². The summed E-state index contributed by atoms with van der Waals surface area (Å²) < 4.78 is 15.6. The molecule has 0 aliphatic carbocycles. The van der Waals surface area contributed by atoms with Crippen molar-refractivity contribution in [3.05, 3.63) is 29.1 Å². The van der Waals surface area contributed by atoms with Crippen LogP contribution in [0.15, 0.2) is 16.6 Å². The van der Waals surface area contributed by atoms with Crippen LogP contribution >= 0.6 is 15.9 Å². The smallest absolute Gasteiger partial charge is 0.317 e. The van der Waals surface area contributed by atoms with E-state index in [9.17, 15) is 9.59 Å². The summed E-state index contributed by atoms with van der Waals surface area (Å²) in [5, 5.41) is 0. The maximum Gasteiger partial charge on any atom is 0.317 e. The van der Waals surface area contributed by atoms with Crippen molar-refractivity contribution in [2.45, 2.75) is 19.3 Å². The van der Waals surface area contributed by atoms with Gasteiger partial charge in [-0.2, -0.15) is 0 Å². The molecule has 109 valence electrons. The van der Waals surface area contributed by atoms with Gasteiger partial charge in [0.05, 0.1) is 20.6 Å². The number of ether oxygens (including phenoxy) is 3. The molecule has 0 saturated heterocycles. The molecule has 1 aromatic carbocycles. The van der Waals surface area contributed by atoms with E-state index >= 15 is 0 Å². The molecule has 0 atom stereocenters. The Morgan fingerprint density at radius 3 is 2.30 bits per heavy atom. The molecule has 6 heteroatoms. The summed E-state index contributed by atoms with van der Waals surface area (Å²) in [5.41, 5.74) is 0.648. The molecule has 0 unspecified atom stereocenters. The first kappa shape index (κ1) is 16.5. The first-order valence-corrected chi connectivity index (χ1v) is 6.74. The quantitative estimate of drug-likeness (QED) is 0.587. The lowest BCUT2D eigenvalue weighted by atomic mass is 10.1. The Morgan fingerprint density at radius 2 is 1.75 bits per heavy atom. The van der Waals surface area contributed by atoms with Crippen molar-refractivity contribution in [3.8, 4) is 11.5 Å². The summed E-state index contributed by atoms with van der Waals surface area (Å²) in [5.74, 6) is -0.134. The fraction of sp³-hybridized carbons (Fsp3) is 0.357. The number of carbonyl (C=O) groups excluding carboxylic acids is 2. The number of hydrogen-bond donors (Lipinski definition) is 0. The third-order valence-corrected chi connectivity index (χ3v) is 3.23. The van der Waals surface area contributed by atoms with Crippen LogP contribution in [0.1, 0.15) is 18.4 Å². The molecule has 0 aliphatic rings. The second-order valence-corrected chi connectivity index (χ2v) is 4.78. The van der Waals surface area contributed by atoms with Crippen LogP contribution in [-0.2, 0) is 20.7 Å². The van der Waals surface area contributed by atoms with Crippen molar-refractivity contribution >= 4 is 27.9 Å². The van der Waals surface area contributed by atoms with Gasteiger partial charge < -0.3 is 14.2 Å². The minimum Gasteiger partial charge on any atom is -0.493 e. The van der Waals surface area contributed by atoms with E-state index in [0.717, 1.165) is 0 Å². The van der Waals surface area contributed by atoms with Gasteiger partial charge in [0, 0.05) is 10.9 Å². The lowest BCUT2D eigenvalue weighted by Gasteiger charge is -2.11. The van der Waals surface area contributed by atoms with Crippen LogP contribution in [0.3, 0.4) is 0 Å². The van der Waals surface area contributed by atoms with Gasteiger partial charge in [0.15, 0.2) is 11.5 Å². The molecule has 0 saturated carbocycles. The third kappa shape index (κ3) is 4.52. The predicted molar refractivity (Wildman–Crippen MR) is 76.6 cm³/mol. The monoisotopic (exact) mass is 343 g/mol. The Morgan fingerprint density at radius 1 is 1.15 bits per heavy atom. The highest BCUT2D eigenvalue weighted by Gasteiger charge is 2.15. The van der Waals surface area contributed by atoms with Gasteiger partial charge in [0.2, 0.25) is 0 Å². The summed E-state index contributed by atoms with van der Waals surface area (Å²) >= 11 is 3.34. The second kappa shape index (κ2) is 7.89. The zero-order valence-corrected chi connectivity index (χ0v) is 13.0. The summed E-state index contributed by atoms with van der Waals surface area (Å²) in [6.45, 7) is 3.52. The fourth-order valence-electron chi connectivity index (χ4n) is 1.55. The van der Waals surface area contributed by atoms with E-state index < -0.39 is 11.9 Å². The Bertz CT molecular complexity index is 499. The van der Waals surface area contributed by atoms with Crippen molar-refractivity contribution < 1.29 is 23.8 Å². The Kier molecular flexibility index (Phi) is 6.51. The number of benzene rings is 1. The molecule has 0 fully saturated rings. The van der Waals surface area contributed by atoms with Crippen LogP contribution in [0.25, 0.3) is 0 Å². The predicted octanol–water partition coefficient (Wildman–Crippen LogP) is 2.69. The maximum atomic E-state index is 11.6. The van der Waals surface area contributed by atoms with Gasteiger partial charge in [-0.15, -0.1) is 0 Å². The number of carbonyl (C=O) groups is 2. The van der Waals surface area contributed by atoms with Crippen LogP contribution < -0.4 is 9.47 Å². The van der Waals surface area contributed by atoms with Crippen molar-refractivity contribution in [2.24, 2.45) is 0 Å². The van der Waals surface area contributed by atoms with Gasteiger partial charge in [0.1, 0.15) is 0 Å².